The van der Waals surface area contributed by atoms with Crippen molar-refractivity contribution < 1.29 is 4.74 Å². The zero-order valence-electron chi connectivity index (χ0n) is 14.2. The average molecular weight is 460 g/mol. The van der Waals surface area contributed by atoms with Crippen LogP contribution < -0.4 is 4.90 Å². The Morgan fingerprint density at radius 3 is 2.88 bits per heavy atom. The predicted molar refractivity (Wildman–Crippen MR) is 109 cm³/mol. The number of morpholine rings is 1. The van der Waals surface area contributed by atoms with Crippen LogP contribution >= 0.6 is 22.6 Å². The van der Waals surface area contributed by atoms with Gasteiger partial charge in [-0.25, -0.2) is 9.97 Å². The van der Waals surface area contributed by atoms with Gasteiger partial charge in [0.2, 0.25) is 0 Å². The zero-order chi connectivity index (χ0) is 17.7. The first-order valence-electron chi connectivity index (χ1n) is 8.53. The van der Waals surface area contributed by atoms with Crippen molar-refractivity contribution in [2.75, 3.05) is 31.2 Å². The van der Waals surface area contributed by atoms with Gasteiger partial charge in [0.25, 0.3) is 0 Å². The van der Waals surface area contributed by atoms with Crippen molar-refractivity contribution in [1.29, 1.82) is 0 Å². The molecular formula is C18H17IN6O. The smallest absolute Gasteiger partial charge is 0.181 e. The maximum atomic E-state index is 5.51. The van der Waals surface area contributed by atoms with Crippen LogP contribution in [0.1, 0.15) is 5.69 Å². The number of aromatic amines is 1. The second kappa shape index (κ2) is 6.20. The van der Waals surface area contributed by atoms with Crippen molar-refractivity contribution in [3.05, 3.63) is 40.0 Å². The van der Waals surface area contributed by atoms with Crippen molar-refractivity contribution in [1.82, 2.24) is 24.6 Å². The SMILES string of the molecule is Cc1nc2c(N3CCOCC3)nc(-c3cccc4[nH]ncc34)cn2c1I. The number of hydrogen-bond donors (Lipinski definition) is 1. The zero-order valence-corrected chi connectivity index (χ0v) is 16.4. The number of rotatable bonds is 2. The molecular weight excluding hydrogens is 443 g/mol. The minimum atomic E-state index is 0.714. The summed E-state index contributed by atoms with van der Waals surface area (Å²) in [5, 5.41) is 8.29. The summed E-state index contributed by atoms with van der Waals surface area (Å²) in [4.78, 5) is 12.1. The molecule has 3 aromatic heterocycles. The number of H-pyrrole nitrogens is 1. The van der Waals surface area contributed by atoms with Crippen LogP contribution in [-0.4, -0.2) is 50.9 Å². The predicted octanol–water partition coefficient (Wildman–Crippen LogP) is 3.02. The Kier molecular flexibility index (Phi) is 3.82. The van der Waals surface area contributed by atoms with E-state index in [2.05, 4.69) is 54.4 Å². The summed E-state index contributed by atoms with van der Waals surface area (Å²) in [6.45, 7) is 5.11. The number of anilines is 1. The van der Waals surface area contributed by atoms with Gasteiger partial charge in [-0.3, -0.25) is 9.50 Å². The molecule has 132 valence electrons. The summed E-state index contributed by atoms with van der Waals surface area (Å²) >= 11 is 2.35. The average Bonchev–Trinajstić information content (AvgIpc) is 3.27. The third-order valence-electron chi connectivity index (χ3n) is 4.76. The molecule has 7 nitrogen and oxygen atoms in total. The lowest BCUT2D eigenvalue weighted by Crippen LogP contribution is -2.37. The van der Waals surface area contributed by atoms with E-state index in [0.717, 1.165) is 56.1 Å². The van der Waals surface area contributed by atoms with Gasteiger partial charge >= 0.3 is 0 Å². The van der Waals surface area contributed by atoms with E-state index in [1.54, 1.807) is 0 Å². The normalized spacial score (nSPS) is 15.2. The summed E-state index contributed by atoms with van der Waals surface area (Å²) in [6.07, 6.45) is 3.93. The molecule has 0 saturated carbocycles. The molecule has 0 bridgehead atoms. The molecule has 0 unspecified atom stereocenters. The van der Waals surface area contributed by atoms with Crippen LogP contribution in [0.4, 0.5) is 5.82 Å². The lowest BCUT2D eigenvalue weighted by Gasteiger charge is -2.28. The van der Waals surface area contributed by atoms with Crippen molar-refractivity contribution >= 4 is 45.0 Å². The Balaban J connectivity index is 1.78. The highest BCUT2D eigenvalue weighted by Gasteiger charge is 2.21. The second-order valence-electron chi connectivity index (χ2n) is 6.37. The van der Waals surface area contributed by atoms with Gasteiger partial charge in [-0.1, -0.05) is 12.1 Å². The number of imidazole rings is 1. The van der Waals surface area contributed by atoms with E-state index in [1.807, 2.05) is 25.3 Å². The molecule has 1 aliphatic rings. The maximum absolute atomic E-state index is 5.51. The summed E-state index contributed by atoms with van der Waals surface area (Å²) in [5.41, 5.74) is 4.91. The van der Waals surface area contributed by atoms with Crippen LogP contribution in [0.15, 0.2) is 30.6 Å². The molecule has 4 aromatic rings. The molecule has 1 aromatic carbocycles. The van der Waals surface area contributed by atoms with E-state index in [0.29, 0.717) is 13.2 Å². The maximum Gasteiger partial charge on any atom is 0.181 e. The highest BCUT2D eigenvalue weighted by atomic mass is 127. The van der Waals surface area contributed by atoms with Crippen LogP contribution in [0, 0.1) is 10.6 Å². The lowest BCUT2D eigenvalue weighted by molar-refractivity contribution is 0.122. The molecule has 1 N–H and O–H groups in total. The second-order valence-corrected chi connectivity index (χ2v) is 7.39. The summed E-state index contributed by atoms with van der Waals surface area (Å²) in [6, 6.07) is 6.14. The number of nitrogens with one attached hydrogen (secondary N) is 1. The van der Waals surface area contributed by atoms with Crippen LogP contribution in [0.2, 0.25) is 0 Å². The summed E-state index contributed by atoms with van der Waals surface area (Å²) < 4.78 is 8.76. The minimum absolute atomic E-state index is 0.714. The van der Waals surface area contributed by atoms with Crippen LogP contribution in [0.25, 0.3) is 27.8 Å². The molecule has 0 amide bonds. The Morgan fingerprint density at radius 2 is 2.04 bits per heavy atom. The fourth-order valence-corrected chi connectivity index (χ4v) is 3.91. The quantitative estimate of drug-likeness (QED) is 0.466. The van der Waals surface area contributed by atoms with Gasteiger partial charge in [0, 0.05) is 30.2 Å². The van der Waals surface area contributed by atoms with Crippen LogP contribution in [0.3, 0.4) is 0 Å². The summed E-state index contributed by atoms with van der Waals surface area (Å²) in [5.74, 6) is 0.914. The fourth-order valence-electron chi connectivity index (χ4n) is 3.43. The first-order valence-corrected chi connectivity index (χ1v) is 9.60. The van der Waals surface area contributed by atoms with Crippen molar-refractivity contribution in [2.24, 2.45) is 0 Å². The molecule has 5 rings (SSSR count). The number of fused-ring (bicyclic) bond motifs is 2. The first kappa shape index (κ1) is 16.0. The molecule has 4 heterocycles. The molecule has 1 aliphatic heterocycles. The number of aryl methyl sites for hydroxylation is 1. The van der Waals surface area contributed by atoms with Gasteiger partial charge in [0.1, 0.15) is 3.70 Å². The largest absolute Gasteiger partial charge is 0.378 e. The summed E-state index contributed by atoms with van der Waals surface area (Å²) in [7, 11) is 0. The van der Waals surface area contributed by atoms with Crippen molar-refractivity contribution in [3.63, 3.8) is 0 Å². The van der Waals surface area contributed by atoms with E-state index < -0.39 is 0 Å². The molecule has 8 heteroatoms. The molecule has 26 heavy (non-hydrogen) atoms. The van der Waals surface area contributed by atoms with Crippen molar-refractivity contribution in [3.8, 4) is 11.3 Å². The van der Waals surface area contributed by atoms with E-state index in [1.165, 1.54) is 0 Å². The van der Waals surface area contributed by atoms with Gasteiger partial charge in [-0.15, -0.1) is 0 Å². The number of halogens is 1. The van der Waals surface area contributed by atoms with E-state index >= 15 is 0 Å². The van der Waals surface area contributed by atoms with E-state index in [-0.39, 0.29) is 0 Å². The Bertz CT molecular complexity index is 1110. The molecule has 0 spiro atoms. The third-order valence-corrected chi connectivity index (χ3v) is 6.06. The topological polar surface area (TPSA) is 71.3 Å². The standard InChI is InChI=1S/C18H17IN6O/c1-11-16(19)25-10-15(12-3-2-4-14-13(12)9-20-23-14)22-17(18(25)21-11)24-5-7-26-8-6-24/h2-4,9-10H,5-8H2,1H3,(H,20,23). The number of ether oxygens (including phenoxy) is 1. The van der Waals surface area contributed by atoms with E-state index in [9.17, 15) is 0 Å². The number of aromatic nitrogens is 5. The molecule has 0 atom stereocenters. The fraction of sp³-hybridized carbons (Fsp3) is 0.278. The monoisotopic (exact) mass is 460 g/mol. The molecule has 0 radical (unpaired) electrons. The van der Waals surface area contributed by atoms with Gasteiger partial charge in [-0.2, -0.15) is 5.10 Å². The molecule has 1 fully saturated rings. The van der Waals surface area contributed by atoms with Gasteiger partial charge < -0.3 is 9.64 Å². The van der Waals surface area contributed by atoms with Crippen LogP contribution in [0.5, 0.6) is 0 Å². The Morgan fingerprint density at radius 1 is 1.19 bits per heavy atom. The number of benzene rings is 1. The minimum Gasteiger partial charge on any atom is -0.378 e. The van der Waals surface area contributed by atoms with Gasteiger partial charge in [0.15, 0.2) is 11.5 Å². The van der Waals surface area contributed by atoms with Gasteiger partial charge in [0.05, 0.1) is 36.3 Å². The van der Waals surface area contributed by atoms with Crippen molar-refractivity contribution in [2.45, 2.75) is 6.92 Å². The number of hydrogen-bond acceptors (Lipinski definition) is 5. The molecule has 0 aliphatic carbocycles. The van der Waals surface area contributed by atoms with Gasteiger partial charge in [-0.05, 0) is 35.6 Å². The third kappa shape index (κ3) is 2.47. The highest BCUT2D eigenvalue weighted by molar-refractivity contribution is 14.1. The van der Waals surface area contributed by atoms with E-state index in [4.69, 9.17) is 14.7 Å². The first-order chi connectivity index (χ1) is 12.7. The Hall–Kier alpha value is -2.20. The van der Waals surface area contributed by atoms with Crippen LogP contribution in [-0.2, 0) is 4.74 Å². The molecule has 1 saturated heterocycles. The highest BCUT2D eigenvalue weighted by Crippen LogP contribution is 2.31. The lowest BCUT2D eigenvalue weighted by atomic mass is 10.1. The number of nitrogens with zero attached hydrogens (tertiary/aromatic N) is 5. The Labute approximate surface area is 163 Å².